The maximum absolute atomic E-state index is 6.21. The van der Waals surface area contributed by atoms with Gasteiger partial charge < -0.3 is 16.0 Å². The van der Waals surface area contributed by atoms with Gasteiger partial charge in [0.05, 0.1) is 0 Å². The summed E-state index contributed by atoms with van der Waals surface area (Å²) in [6, 6.07) is 0.950. The van der Waals surface area contributed by atoms with Crippen LogP contribution in [0.4, 0.5) is 0 Å². The van der Waals surface area contributed by atoms with Crippen molar-refractivity contribution in [3.63, 3.8) is 0 Å². The number of hydrogen-bond donors (Lipinski definition) is 2. The van der Waals surface area contributed by atoms with E-state index in [2.05, 4.69) is 29.2 Å². The molecule has 2 rings (SSSR count). The average Bonchev–Trinajstić information content (AvgIpc) is 2.30. The Labute approximate surface area is 106 Å². The molecular weight excluding hydrogens is 212 g/mol. The van der Waals surface area contributed by atoms with E-state index in [1.165, 1.54) is 38.9 Å². The Bertz CT molecular complexity index is 223. The molecule has 0 aromatic carbocycles. The monoisotopic (exact) mass is 240 g/mol. The Morgan fingerprint density at radius 2 is 1.94 bits per heavy atom. The quantitative estimate of drug-likeness (QED) is 0.726. The van der Waals surface area contributed by atoms with Crippen molar-refractivity contribution < 1.29 is 0 Å². The summed E-state index contributed by atoms with van der Waals surface area (Å²) in [5, 5.41) is 3.38. The molecule has 0 amide bonds. The first kappa shape index (κ1) is 13.3. The average molecular weight is 240 g/mol. The number of rotatable bonds is 3. The van der Waals surface area contributed by atoms with Gasteiger partial charge in [0.2, 0.25) is 0 Å². The van der Waals surface area contributed by atoms with Crippen molar-refractivity contribution in [2.75, 3.05) is 46.8 Å². The number of nitrogens with one attached hydrogen (secondary N) is 1. The lowest BCUT2D eigenvalue weighted by Gasteiger charge is -2.42. The molecule has 0 bridgehead atoms. The van der Waals surface area contributed by atoms with E-state index < -0.39 is 0 Å². The molecule has 2 fully saturated rings. The Morgan fingerprint density at radius 1 is 1.24 bits per heavy atom. The molecule has 2 aliphatic heterocycles. The zero-order valence-corrected chi connectivity index (χ0v) is 11.4. The Morgan fingerprint density at radius 3 is 2.53 bits per heavy atom. The van der Waals surface area contributed by atoms with E-state index in [0.29, 0.717) is 12.1 Å². The van der Waals surface area contributed by atoms with Crippen molar-refractivity contribution in [3.05, 3.63) is 0 Å². The lowest BCUT2D eigenvalue weighted by Crippen LogP contribution is -2.58. The fraction of sp³-hybridized carbons (Fsp3) is 1.00. The van der Waals surface area contributed by atoms with E-state index in [1.54, 1.807) is 0 Å². The summed E-state index contributed by atoms with van der Waals surface area (Å²) >= 11 is 0. The number of nitrogens with two attached hydrogens (primary N) is 1. The van der Waals surface area contributed by atoms with E-state index in [9.17, 15) is 0 Å². The Hall–Kier alpha value is -0.160. The highest BCUT2D eigenvalue weighted by Gasteiger charge is 2.30. The molecule has 2 unspecified atom stereocenters. The molecule has 2 atom stereocenters. The summed E-state index contributed by atoms with van der Waals surface area (Å²) < 4.78 is 0. The van der Waals surface area contributed by atoms with Crippen LogP contribution in [0.5, 0.6) is 0 Å². The number of piperidine rings is 2. The maximum Gasteiger partial charge on any atom is 0.0324 e. The van der Waals surface area contributed by atoms with E-state index in [1.807, 2.05) is 0 Å². The predicted molar refractivity (Wildman–Crippen MR) is 72.1 cm³/mol. The summed E-state index contributed by atoms with van der Waals surface area (Å²) in [7, 11) is 4.35. The molecule has 0 saturated carbocycles. The lowest BCUT2D eigenvalue weighted by molar-refractivity contribution is 0.0909. The SMILES string of the molecule is CN(C)CC1CCN(C2CCNCC2N)CC1. The van der Waals surface area contributed by atoms with Crippen LogP contribution in [-0.4, -0.2) is 68.7 Å². The van der Waals surface area contributed by atoms with E-state index in [-0.39, 0.29) is 0 Å². The molecule has 2 aliphatic rings. The molecule has 2 saturated heterocycles. The molecular formula is C13H28N4. The van der Waals surface area contributed by atoms with Crippen molar-refractivity contribution >= 4 is 0 Å². The van der Waals surface area contributed by atoms with Crippen molar-refractivity contribution in [3.8, 4) is 0 Å². The van der Waals surface area contributed by atoms with Crippen LogP contribution in [0.25, 0.3) is 0 Å². The zero-order chi connectivity index (χ0) is 12.3. The standard InChI is InChI=1S/C13H28N4/c1-16(2)10-11-4-7-17(8-5-11)13-3-6-15-9-12(13)14/h11-13,15H,3-10,14H2,1-2H3. The van der Waals surface area contributed by atoms with Gasteiger partial charge in [0.25, 0.3) is 0 Å². The number of hydrogen-bond acceptors (Lipinski definition) is 4. The normalized spacial score (nSPS) is 33.2. The van der Waals surface area contributed by atoms with E-state index in [4.69, 9.17) is 5.73 Å². The van der Waals surface area contributed by atoms with Gasteiger partial charge in [0.15, 0.2) is 0 Å². The molecule has 4 heteroatoms. The van der Waals surface area contributed by atoms with Gasteiger partial charge in [-0.05, 0) is 58.9 Å². The maximum atomic E-state index is 6.21. The second kappa shape index (κ2) is 6.14. The predicted octanol–water partition coefficient (Wildman–Crippen LogP) is -0.0508. The first-order chi connectivity index (χ1) is 8.16. The molecule has 0 aliphatic carbocycles. The van der Waals surface area contributed by atoms with Crippen LogP contribution < -0.4 is 11.1 Å². The van der Waals surface area contributed by atoms with Crippen LogP contribution in [-0.2, 0) is 0 Å². The topological polar surface area (TPSA) is 44.5 Å². The van der Waals surface area contributed by atoms with Crippen LogP contribution in [0.1, 0.15) is 19.3 Å². The molecule has 4 nitrogen and oxygen atoms in total. The van der Waals surface area contributed by atoms with Gasteiger partial charge in [-0.15, -0.1) is 0 Å². The van der Waals surface area contributed by atoms with E-state index >= 15 is 0 Å². The fourth-order valence-corrected chi connectivity index (χ4v) is 3.31. The van der Waals surface area contributed by atoms with Crippen molar-refractivity contribution in [1.82, 2.24) is 15.1 Å². The molecule has 0 aromatic rings. The van der Waals surface area contributed by atoms with Gasteiger partial charge in [0, 0.05) is 25.2 Å². The highest BCUT2D eigenvalue weighted by molar-refractivity contribution is 4.90. The van der Waals surface area contributed by atoms with Gasteiger partial charge in [-0.2, -0.15) is 0 Å². The number of likely N-dealkylation sites (tertiary alicyclic amines) is 1. The van der Waals surface area contributed by atoms with Crippen LogP contribution in [0.2, 0.25) is 0 Å². The summed E-state index contributed by atoms with van der Waals surface area (Å²) in [4.78, 5) is 4.95. The first-order valence-corrected chi connectivity index (χ1v) is 7.02. The second-order valence-electron chi connectivity index (χ2n) is 5.97. The zero-order valence-electron chi connectivity index (χ0n) is 11.4. The van der Waals surface area contributed by atoms with Crippen molar-refractivity contribution in [2.24, 2.45) is 11.7 Å². The Kier molecular flexibility index (Phi) is 4.79. The first-order valence-electron chi connectivity index (χ1n) is 7.02. The minimum Gasteiger partial charge on any atom is -0.325 e. The van der Waals surface area contributed by atoms with Gasteiger partial charge in [-0.25, -0.2) is 0 Å². The highest BCUT2D eigenvalue weighted by atomic mass is 15.2. The van der Waals surface area contributed by atoms with Crippen LogP contribution in [0, 0.1) is 5.92 Å². The summed E-state index contributed by atoms with van der Waals surface area (Å²) in [6.07, 6.45) is 3.91. The highest BCUT2D eigenvalue weighted by Crippen LogP contribution is 2.22. The lowest BCUT2D eigenvalue weighted by atomic mass is 9.92. The molecule has 17 heavy (non-hydrogen) atoms. The molecule has 0 spiro atoms. The molecule has 2 heterocycles. The van der Waals surface area contributed by atoms with Gasteiger partial charge in [0.1, 0.15) is 0 Å². The fourth-order valence-electron chi connectivity index (χ4n) is 3.31. The minimum atomic E-state index is 0.328. The van der Waals surface area contributed by atoms with Crippen LogP contribution in [0.15, 0.2) is 0 Å². The van der Waals surface area contributed by atoms with Gasteiger partial charge >= 0.3 is 0 Å². The van der Waals surface area contributed by atoms with Gasteiger partial charge in [-0.1, -0.05) is 0 Å². The third-order valence-corrected chi connectivity index (χ3v) is 4.23. The minimum absolute atomic E-state index is 0.328. The Balaban J connectivity index is 1.78. The van der Waals surface area contributed by atoms with Crippen molar-refractivity contribution in [1.29, 1.82) is 0 Å². The van der Waals surface area contributed by atoms with Crippen LogP contribution in [0.3, 0.4) is 0 Å². The molecule has 100 valence electrons. The number of nitrogens with zero attached hydrogens (tertiary/aromatic N) is 2. The summed E-state index contributed by atoms with van der Waals surface area (Å²) in [5.74, 6) is 0.888. The van der Waals surface area contributed by atoms with Gasteiger partial charge in [-0.3, -0.25) is 4.90 Å². The second-order valence-corrected chi connectivity index (χ2v) is 5.97. The van der Waals surface area contributed by atoms with E-state index in [0.717, 1.165) is 19.0 Å². The van der Waals surface area contributed by atoms with Crippen LogP contribution >= 0.6 is 0 Å². The largest absolute Gasteiger partial charge is 0.325 e. The smallest absolute Gasteiger partial charge is 0.0324 e. The third-order valence-electron chi connectivity index (χ3n) is 4.23. The molecule has 0 radical (unpaired) electrons. The van der Waals surface area contributed by atoms with Crippen molar-refractivity contribution in [2.45, 2.75) is 31.3 Å². The third kappa shape index (κ3) is 3.65. The molecule has 0 aromatic heterocycles. The summed E-state index contributed by atoms with van der Waals surface area (Å²) in [6.45, 7) is 5.86. The molecule has 3 N–H and O–H groups in total. The summed E-state index contributed by atoms with van der Waals surface area (Å²) in [5.41, 5.74) is 6.21.